The molecule has 8 nitrogen and oxygen atoms in total. The van der Waals surface area contributed by atoms with Crippen LogP contribution in [0.4, 0.5) is 5.82 Å². The van der Waals surface area contributed by atoms with E-state index in [0.717, 1.165) is 5.56 Å². The Bertz CT molecular complexity index is 1460. The highest BCUT2D eigenvalue weighted by Crippen LogP contribution is 2.35. The number of aromatic hydroxyl groups is 1. The van der Waals surface area contributed by atoms with Crippen molar-refractivity contribution < 1.29 is 14.7 Å². The molecule has 0 spiro atoms. The number of carbonyl (C=O) groups is 2. The molecule has 0 saturated carbocycles. The van der Waals surface area contributed by atoms with Gasteiger partial charge in [-0.2, -0.15) is 5.26 Å². The molecule has 5 N–H and O–H groups in total. The number of nitriles is 1. The fourth-order valence-corrected chi connectivity index (χ4v) is 4.18. The Kier molecular flexibility index (Phi) is 7.22. The molecule has 2 aromatic carbocycles. The standard InChI is InChI=1S/C27H23N5O3S/c1-27(29,16-33)30-15-17-6-4-7-18(12-17)20-13-22(19-8-2-3-9-23(19)34)31-25(21(20)14-28)32-26(35)24-10-5-11-36-24/h2-13,16,30,34H,15,29H2,1H3,(H,31,32,35)/t27-/m0/s1. The van der Waals surface area contributed by atoms with Gasteiger partial charge in [-0.1, -0.05) is 36.4 Å². The summed E-state index contributed by atoms with van der Waals surface area (Å²) in [6.07, 6.45) is 0.634. The van der Waals surface area contributed by atoms with E-state index in [4.69, 9.17) is 5.73 Å². The molecular formula is C27H23N5O3S. The van der Waals surface area contributed by atoms with Crippen LogP contribution in [0, 0.1) is 11.3 Å². The molecule has 0 saturated heterocycles. The lowest BCUT2D eigenvalue weighted by atomic mass is 9.96. The summed E-state index contributed by atoms with van der Waals surface area (Å²) in [6, 6.07) is 21.4. The van der Waals surface area contributed by atoms with Gasteiger partial charge in [0.2, 0.25) is 0 Å². The minimum absolute atomic E-state index is 0.0187. The number of amides is 1. The van der Waals surface area contributed by atoms with Gasteiger partial charge in [0.1, 0.15) is 23.0 Å². The van der Waals surface area contributed by atoms with Gasteiger partial charge in [0.05, 0.1) is 10.6 Å². The number of phenolic OH excluding ortho intramolecular Hbond substituents is 1. The second kappa shape index (κ2) is 10.5. The maximum Gasteiger partial charge on any atom is 0.266 e. The van der Waals surface area contributed by atoms with Gasteiger partial charge in [-0.05, 0) is 53.8 Å². The van der Waals surface area contributed by atoms with Gasteiger partial charge >= 0.3 is 0 Å². The lowest BCUT2D eigenvalue weighted by Gasteiger charge is -2.19. The summed E-state index contributed by atoms with van der Waals surface area (Å²) in [7, 11) is 0. The number of hydrogen-bond acceptors (Lipinski definition) is 8. The van der Waals surface area contributed by atoms with Crippen LogP contribution in [0.25, 0.3) is 22.4 Å². The van der Waals surface area contributed by atoms with Crippen molar-refractivity contribution in [2.24, 2.45) is 5.73 Å². The highest BCUT2D eigenvalue weighted by molar-refractivity contribution is 7.12. The van der Waals surface area contributed by atoms with Gasteiger partial charge in [0, 0.05) is 17.7 Å². The zero-order chi connectivity index (χ0) is 25.7. The molecule has 9 heteroatoms. The molecule has 0 radical (unpaired) electrons. The number of para-hydroxylation sites is 1. The molecule has 180 valence electrons. The Morgan fingerprint density at radius 3 is 2.67 bits per heavy atom. The summed E-state index contributed by atoms with van der Waals surface area (Å²) in [6.45, 7) is 1.89. The molecule has 0 unspecified atom stereocenters. The number of phenols is 1. The van der Waals surface area contributed by atoms with Crippen LogP contribution in [0.2, 0.25) is 0 Å². The van der Waals surface area contributed by atoms with E-state index in [2.05, 4.69) is 21.7 Å². The van der Waals surface area contributed by atoms with Crippen LogP contribution in [0.15, 0.2) is 72.1 Å². The van der Waals surface area contributed by atoms with E-state index < -0.39 is 5.66 Å². The number of nitrogens with one attached hydrogen (secondary N) is 2. The second-order valence-electron chi connectivity index (χ2n) is 8.29. The molecule has 0 bridgehead atoms. The lowest BCUT2D eigenvalue weighted by Crippen LogP contribution is -2.51. The van der Waals surface area contributed by atoms with Crippen molar-refractivity contribution in [1.29, 1.82) is 5.26 Å². The number of benzene rings is 2. The van der Waals surface area contributed by atoms with Crippen molar-refractivity contribution in [3.63, 3.8) is 0 Å². The first-order valence-corrected chi connectivity index (χ1v) is 11.9. The summed E-state index contributed by atoms with van der Waals surface area (Å²) in [5.41, 5.74) is 7.78. The van der Waals surface area contributed by atoms with E-state index in [9.17, 15) is 20.0 Å². The van der Waals surface area contributed by atoms with E-state index >= 15 is 0 Å². The second-order valence-corrected chi connectivity index (χ2v) is 9.24. The molecule has 0 fully saturated rings. The fraction of sp³-hybridized carbons (Fsp3) is 0.111. The number of anilines is 1. The third-order valence-corrected chi connectivity index (χ3v) is 6.31. The van der Waals surface area contributed by atoms with E-state index in [0.29, 0.717) is 40.1 Å². The van der Waals surface area contributed by atoms with Gasteiger partial charge < -0.3 is 16.2 Å². The Morgan fingerprint density at radius 1 is 1.17 bits per heavy atom. The van der Waals surface area contributed by atoms with E-state index in [1.807, 2.05) is 24.3 Å². The molecule has 36 heavy (non-hydrogen) atoms. The first-order chi connectivity index (χ1) is 17.3. The number of rotatable bonds is 8. The van der Waals surface area contributed by atoms with Crippen LogP contribution in [0.1, 0.15) is 27.7 Å². The zero-order valence-electron chi connectivity index (χ0n) is 19.4. The first kappa shape index (κ1) is 24.8. The monoisotopic (exact) mass is 497 g/mol. The minimum Gasteiger partial charge on any atom is -0.507 e. The lowest BCUT2D eigenvalue weighted by molar-refractivity contribution is -0.112. The third-order valence-electron chi connectivity index (χ3n) is 5.44. The normalized spacial score (nSPS) is 12.4. The van der Waals surface area contributed by atoms with Crippen LogP contribution in [-0.4, -0.2) is 27.9 Å². The molecule has 4 aromatic rings. The number of thiophene rings is 1. The average Bonchev–Trinajstić information content (AvgIpc) is 3.43. The summed E-state index contributed by atoms with van der Waals surface area (Å²) < 4.78 is 0. The molecule has 2 aromatic heterocycles. The Morgan fingerprint density at radius 2 is 1.97 bits per heavy atom. The van der Waals surface area contributed by atoms with Crippen LogP contribution in [0.3, 0.4) is 0 Å². The van der Waals surface area contributed by atoms with Crippen LogP contribution < -0.4 is 16.4 Å². The summed E-state index contributed by atoms with van der Waals surface area (Å²) in [5, 5.41) is 28.0. The van der Waals surface area contributed by atoms with Gasteiger partial charge in [-0.3, -0.25) is 14.9 Å². The van der Waals surface area contributed by atoms with E-state index in [1.165, 1.54) is 11.3 Å². The predicted octanol–water partition coefficient (Wildman–Crippen LogP) is 4.27. The van der Waals surface area contributed by atoms with Gasteiger partial charge in [0.25, 0.3) is 5.91 Å². The van der Waals surface area contributed by atoms with Crippen molar-refractivity contribution in [2.45, 2.75) is 19.1 Å². The molecule has 0 aliphatic rings. The predicted molar refractivity (Wildman–Crippen MR) is 139 cm³/mol. The van der Waals surface area contributed by atoms with E-state index in [-0.39, 0.29) is 23.0 Å². The quantitative estimate of drug-likeness (QED) is 0.210. The SMILES string of the molecule is C[C@@](N)(C=O)NCc1cccc(-c2cc(-c3ccccc3O)nc(NC(=O)c3cccs3)c2C#N)c1. The Balaban J connectivity index is 1.83. The average molecular weight is 498 g/mol. The summed E-state index contributed by atoms with van der Waals surface area (Å²) >= 11 is 1.27. The van der Waals surface area contributed by atoms with E-state index in [1.54, 1.807) is 54.8 Å². The Hall–Kier alpha value is -4.36. The zero-order valence-corrected chi connectivity index (χ0v) is 20.2. The number of hydrogen-bond donors (Lipinski definition) is 4. The number of aldehydes is 1. The number of pyridine rings is 1. The molecule has 1 amide bonds. The van der Waals surface area contributed by atoms with Crippen molar-refractivity contribution in [2.75, 3.05) is 5.32 Å². The van der Waals surface area contributed by atoms with Crippen LogP contribution >= 0.6 is 11.3 Å². The highest BCUT2D eigenvalue weighted by atomic mass is 32.1. The molecule has 0 aliphatic carbocycles. The number of nitrogens with two attached hydrogens (primary N) is 1. The third kappa shape index (κ3) is 5.47. The van der Waals surface area contributed by atoms with Gasteiger partial charge in [-0.25, -0.2) is 4.98 Å². The smallest absolute Gasteiger partial charge is 0.266 e. The Labute approximate surface area is 212 Å². The molecular weight excluding hydrogens is 474 g/mol. The topological polar surface area (TPSA) is 141 Å². The largest absolute Gasteiger partial charge is 0.507 e. The minimum atomic E-state index is -1.18. The van der Waals surface area contributed by atoms with Crippen molar-refractivity contribution >= 4 is 29.3 Å². The molecule has 2 heterocycles. The van der Waals surface area contributed by atoms with Gasteiger partial charge in [0.15, 0.2) is 12.1 Å². The fourth-order valence-electron chi connectivity index (χ4n) is 3.56. The molecule has 1 atom stereocenters. The summed E-state index contributed by atoms with van der Waals surface area (Å²) in [4.78, 5) is 29.0. The molecule has 0 aliphatic heterocycles. The first-order valence-electron chi connectivity index (χ1n) is 11.0. The maximum atomic E-state index is 12.8. The van der Waals surface area contributed by atoms with Crippen LogP contribution in [0.5, 0.6) is 5.75 Å². The van der Waals surface area contributed by atoms with Gasteiger partial charge in [-0.15, -0.1) is 11.3 Å². The van der Waals surface area contributed by atoms with Crippen molar-refractivity contribution in [3.05, 3.63) is 88.1 Å². The number of aromatic nitrogens is 1. The van der Waals surface area contributed by atoms with Crippen molar-refractivity contribution in [1.82, 2.24) is 10.3 Å². The van der Waals surface area contributed by atoms with Crippen LogP contribution in [-0.2, 0) is 11.3 Å². The number of nitrogens with zero attached hydrogens (tertiary/aromatic N) is 2. The van der Waals surface area contributed by atoms with Crippen molar-refractivity contribution in [3.8, 4) is 34.2 Å². The number of carbonyl (C=O) groups excluding carboxylic acids is 2. The highest BCUT2D eigenvalue weighted by Gasteiger charge is 2.20. The summed E-state index contributed by atoms with van der Waals surface area (Å²) in [5.74, 6) is -0.278. The maximum absolute atomic E-state index is 12.8. The molecule has 4 rings (SSSR count).